The van der Waals surface area contributed by atoms with E-state index >= 15 is 0 Å². The highest BCUT2D eigenvalue weighted by molar-refractivity contribution is 6.01. The van der Waals surface area contributed by atoms with E-state index in [0.29, 0.717) is 24.7 Å². The van der Waals surface area contributed by atoms with Crippen molar-refractivity contribution in [2.75, 3.05) is 18.4 Å². The summed E-state index contributed by atoms with van der Waals surface area (Å²) in [6.45, 7) is 5.48. The molecule has 2 aliphatic heterocycles. The summed E-state index contributed by atoms with van der Waals surface area (Å²) >= 11 is 0. The van der Waals surface area contributed by atoms with Gasteiger partial charge in [0.1, 0.15) is 0 Å². The van der Waals surface area contributed by atoms with E-state index in [4.69, 9.17) is 0 Å². The molecule has 0 saturated carbocycles. The molecule has 3 rings (SSSR count). The normalized spacial score (nSPS) is 20.1. The first-order chi connectivity index (χ1) is 12.8. The Hall–Kier alpha value is -2.70. The van der Waals surface area contributed by atoms with Crippen molar-refractivity contribution in [3.05, 3.63) is 29.8 Å². The van der Waals surface area contributed by atoms with Crippen molar-refractivity contribution in [1.29, 1.82) is 0 Å². The Labute approximate surface area is 158 Å². The first kappa shape index (κ1) is 19.1. The molecule has 1 aromatic rings. The van der Waals surface area contributed by atoms with E-state index in [0.717, 1.165) is 5.56 Å². The van der Waals surface area contributed by atoms with Gasteiger partial charge in [-0.25, -0.2) is 0 Å². The first-order valence-corrected chi connectivity index (χ1v) is 9.34. The number of nitrogens with zero attached hydrogens (tertiary/aromatic N) is 2. The third kappa shape index (κ3) is 4.53. The number of nitrogens with one attached hydrogen (secondary N) is 1. The molecule has 1 N–H and O–H groups in total. The Morgan fingerprint density at radius 1 is 1.07 bits per heavy atom. The number of hydrogen-bond acceptors (Lipinski definition) is 4. The van der Waals surface area contributed by atoms with Gasteiger partial charge >= 0.3 is 0 Å². The maximum absolute atomic E-state index is 12.5. The predicted octanol–water partition coefficient (Wildman–Crippen LogP) is 1.78. The van der Waals surface area contributed by atoms with Crippen LogP contribution < -0.4 is 5.32 Å². The van der Waals surface area contributed by atoms with E-state index in [1.165, 1.54) is 4.90 Å². The number of rotatable bonds is 6. The van der Waals surface area contributed by atoms with Crippen LogP contribution in [0.15, 0.2) is 24.3 Å². The molecule has 1 atom stereocenters. The maximum atomic E-state index is 12.5. The lowest BCUT2D eigenvalue weighted by atomic mass is 10.1. The van der Waals surface area contributed by atoms with E-state index in [2.05, 4.69) is 5.32 Å². The largest absolute Gasteiger partial charge is 0.342 e. The molecule has 27 heavy (non-hydrogen) atoms. The van der Waals surface area contributed by atoms with Crippen LogP contribution in [0.5, 0.6) is 0 Å². The molecule has 1 unspecified atom stereocenters. The van der Waals surface area contributed by atoms with Crippen molar-refractivity contribution in [2.24, 2.45) is 11.8 Å². The van der Waals surface area contributed by atoms with Crippen molar-refractivity contribution < 1.29 is 19.2 Å². The van der Waals surface area contributed by atoms with Crippen LogP contribution in [0.3, 0.4) is 0 Å². The lowest BCUT2D eigenvalue weighted by Crippen LogP contribution is -2.31. The number of likely N-dealkylation sites (tertiary alicyclic amines) is 2. The summed E-state index contributed by atoms with van der Waals surface area (Å²) in [4.78, 5) is 50.9. The van der Waals surface area contributed by atoms with Gasteiger partial charge in [-0.1, -0.05) is 26.0 Å². The summed E-state index contributed by atoms with van der Waals surface area (Å²) in [7, 11) is 0. The molecule has 0 aliphatic carbocycles. The van der Waals surface area contributed by atoms with E-state index in [1.807, 2.05) is 13.8 Å². The third-order valence-electron chi connectivity index (χ3n) is 4.89. The van der Waals surface area contributed by atoms with Crippen LogP contribution in [0.2, 0.25) is 0 Å². The number of anilines is 1. The van der Waals surface area contributed by atoms with Crippen LogP contribution >= 0.6 is 0 Å². The van der Waals surface area contributed by atoms with Crippen LogP contribution in [0.1, 0.15) is 38.7 Å². The van der Waals surface area contributed by atoms with E-state index in [1.54, 1.807) is 29.2 Å². The Bertz CT molecular complexity index is 741. The number of benzene rings is 1. The molecule has 144 valence electrons. The second-order valence-electron chi connectivity index (χ2n) is 7.65. The van der Waals surface area contributed by atoms with E-state index in [-0.39, 0.29) is 55.4 Å². The third-order valence-corrected chi connectivity index (χ3v) is 4.89. The summed E-state index contributed by atoms with van der Waals surface area (Å²) < 4.78 is 0. The minimum atomic E-state index is -0.337. The van der Waals surface area contributed by atoms with Gasteiger partial charge in [-0.3, -0.25) is 24.1 Å². The zero-order chi connectivity index (χ0) is 19.6. The lowest BCUT2D eigenvalue weighted by Gasteiger charge is -2.18. The molecule has 0 spiro atoms. The zero-order valence-electron chi connectivity index (χ0n) is 15.7. The highest BCUT2D eigenvalue weighted by Crippen LogP contribution is 2.22. The van der Waals surface area contributed by atoms with Crippen molar-refractivity contribution in [3.63, 3.8) is 0 Å². The van der Waals surface area contributed by atoms with Crippen molar-refractivity contribution in [2.45, 2.75) is 39.7 Å². The molecule has 1 aromatic carbocycles. The van der Waals surface area contributed by atoms with Gasteiger partial charge in [0, 0.05) is 38.0 Å². The average molecular weight is 371 g/mol. The second-order valence-corrected chi connectivity index (χ2v) is 7.65. The van der Waals surface area contributed by atoms with Gasteiger partial charge < -0.3 is 10.2 Å². The van der Waals surface area contributed by atoms with E-state index < -0.39 is 0 Å². The SMILES string of the molecule is CC(C)CN1CC(C(=O)Nc2ccc(CN3C(=O)CCC3=O)cc2)CC1=O. The van der Waals surface area contributed by atoms with Gasteiger partial charge in [0.15, 0.2) is 0 Å². The highest BCUT2D eigenvalue weighted by atomic mass is 16.2. The molecular weight excluding hydrogens is 346 g/mol. The molecule has 4 amide bonds. The smallest absolute Gasteiger partial charge is 0.229 e. The summed E-state index contributed by atoms with van der Waals surface area (Å²) in [6.07, 6.45) is 0.803. The fourth-order valence-electron chi connectivity index (χ4n) is 3.48. The second kappa shape index (κ2) is 7.90. The Balaban J connectivity index is 1.55. The molecule has 0 aromatic heterocycles. The molecule has 2 fully saturated rings. The minimum absolute atomic E-state index is 0.0270. The number of carbonyl (C=O) groups is 4. The summed E-state index contributed by atoms with van der Waals surface area (Å²) in [5, 5.41) is 2.85. The molecule has 2 saturated heterocycles. The first-order valence-electron chi connectivity index (χ1n) is 9.34. The van der Waals surface area contributed by atoms with Crippen LogP contribution in [0.4, 0.5) is 5.69 Å². The quantitative estimate of drug-likeness (QED) is 0.772. The molecule has 0 radical (unpaired) electrons. The summed E-state index contributed by atoms with van der Waals surface area (Å²) in [5.41, 5.74) is 1.47. The molecule has 7 nitrogen and oxygen atoms in total. The van der Waals surface area contributed by atoms with Gasteiger partial charge in [-0.05, 0) is 23.6 Å². The summed E-state index contributed by atoms with van der Waals surface area (Å²) in [5.74, 6) is -0.386. The topological polar surface area (TPSA) is 86.8 Å². The Kier molecular flexibility index (Phi) is 5.58. The number of imide groups is 1. The number of carbonyl (C=O) groups excluding carboxylic acids is 4. The number of amides is 4. The standard InChI is InChI=1S/C20H25N3O4/c1-13(2)10-22-12-15(9-19(22)26)20(27)21-16-5-3-14(4-6-16)11-23-17(24)7-8-18(23)25/h3-6,13,15H,7-12H2,1-2H3,(H,21,27). The molecular formula is C20H25N3O4. The minimum Gasteiger partial charge on any atom is -0.342 e. The van der Waals surface area contributed by atoms with Crippen molar-refractivity contribution in [1.82, 2.24) is 9.80 Å². The van der Waals surface area contributed by atoms with Gasteiger partial charge in [0.25, 0.3) is 0 Å². The molecule has 7 heteroatoms. The Morgan fingerprint density at radius 2 is 1.70 bits per heavy atom. The van der Waals surface area contributed by atoms with Gasteiger partial charge in [0.2, 0.25) is 23.6 Å². The molecule has 0 bridgehead atoms. The molecule has 2 aliphatic rings. The predicted molar refractivity (Wildman–Crippen MR) is 99.4 cm³/mol. The van der Waals surface area contributed by atoms with Gasteiger partial charge in [-0.15, -0.1) is 0 Å². The van der Waals surface area contributed by atoms with Gasteiger partial charge in [-0.2, -0.15) is 0 Å². The van der Waals surface area contributed by atoms with Crippen LogP contribution in [-0.2, 0) is 25.7 Å². The van der Waals surface area contributed by atoms with Crippen molar-refractivity contribution in [3.8, 4) is 0 Å². The average Bonchev–Trinajstić information content (AvgIpc) is 3.13. The van der Waals surface area contributed by atoms with Crippen LogP contribution in [0.25, 0.3) is 0 Å². The van der Waals surface area contributed by atoms with E-state index in [9.17, 15) is 19.2 Å². The Morgan fingerprint density at radius 3 is 2.30 bits per heavy atom. The monoisotopic (exact) mass is 371 g/mol. The fourth-order valence-corrected chi connectivity index (χ4v) is 3.48. The number of hydrogen-bond donors (Lipinski definition) is 1. The maximum Gasteiger partial charge on any atom is 0.229 e. The lowest BCUT2D eigenvalue weighted by molar-refractivity contribution is -0.139. The zero-order valence-corrected chi connectivity index (χ0v) is 15.7. The van der Waals surface area contributed by atoms with Gasteiger partial charge in [0.05, 0.1) is 12.5 Å². The van der Waals surface area contributed by atoms with Crippen LogP contribution in [-0.4, -0.2) is 46.5 Å². The summed E-state index contributed by atoms with van der Waals surface area (Å²) in [6, 6.07) is 7.08. The fraction of sp³-hybridized carbons (Fsp3) is 0.500. The van der Waals surface area contributed by atoms with Crippen molar-refractivity contribution >= 4 is 29.3 Å². The molecule has 2 heterocycles. The van der Waals surface area contributed by atoms with Crippen LogP contribution in [0, 0.1) is 11.8 Å². The highest BCUT2D eigenvalue weighted by Gasteiger charge is 2.34.